The Labute approximate surface area is 95.2 Å². The van der Waals surface area contributed by atoms with Crippen molar-refractivity contribution < 1.29 is 14.6 Å². The van der Waals surface area contributed by atoms with Crippen molar-refractivity contribution in [3.63, 3.8) is 0 Å². The maximum Gasteiger partial charge on any atom is 0.310 e. The Kier molecular flexibility index (Phi) is 3.69. The number of ether oxygens (including phenoxy) is 1. The van der Waals surface area contributed by atoms with Gasteiger partial charge >= 0.3 is 5.97 Å². The predicted molar refractivity (Wildman–Crippen MR) is 56.2 cm³/mol. The zero-order chi connectivity index (χ0) is 11.4. The molecule has 0 aliphatic carbocycles. The summed E-state index contributed by atoms with van der Waals surface area (Å²) in [4.78, 5) is 11.1. The first-order valence-corrected chi connectivity index (χ1v) is 4.86. The lowest BCUT2D eigenvalue weighted by Crippen LogP contribution is -2.06. The van der Waals surface area contributed by atoms with Crippen LogP contribution >= 0.6 is 15.9 Å². The van der Waals surface area contributed by atoms with E-state index in [9.17, 15) is 9.90 Å². The number of esters is 1. The van der Waals surface area contributed by atoms with Crippen molar-refractivity contribution in [3.05, 3.63) is 27.7 Å². The van der Waals surface area contributed by atoms with Gasteiger partial charge in [0.1, 0.15) is 5.75 Å². The first-order valence-electron chi connectivity index (χ1n) is 4.06. The molecule has 4 nitrogen and oxygen atoms in total. The summed E-state index contributed by atoms with van der Waals surface area (Å²) in [5.74, 6) is -0.454. The number of nitrogens with zero attached hydrogens (tertiary/aromatic N) is 1. The molecule has 0 amide bonds. The Hall–Kier alpha value is -1.54. The van der Waals surface area contributed by atoms with Crippen LogP contribution in [0.25, 0.3) is 0 Å². The molecule has 1 rings (SSSR count). The highest BCUT2D eigenvalue weighted by molar-refractivity contribution is 9.10. The van der Waals surface area contributed by atoms with Crippen LogP contribution in [0.4, 0.5) is 0 Å². The summed E-state index contributed by atoms with van der Waals surface area (Å²) in [6.45, 7) is 0. The number of nitriles is 1. The molecule has 0 radical (unpaired) electrons. The lowest BCUT2D eigenvalue weighted by Gasteiger charge is -2.06. The van der Waals surface area contributed by atoms with Crippen LogP contribution in [0.2, 0.25) is 0 Å². The molecule has 0 heterocycles. The van der Waals surface area contributed by atoms with Crippen LogP contribution in [0.3, 0.4) is 0 Å². The SMILES string of the molecule is COC(=O)Cc1c(Br)cc(O)cc1C#N. The van der Waals surface area contributed by atoms with Crippen LogP contribution in [0, 0.1) is 11.3 Å². The van der Waals surface area contributed by atoms with Gasteiger partial charge in [-0.2, -0.15) is 5.26 Å². The van der Waals surface area contributed by atoms with Gasteiger partial charge in [0.15, 0.2) is 0 Å². The zero-order valence-electron chi connectivity index (χ0n) is 7.95. The molecule has 0 saturated carbocycles. The number of methoxy groups -OCH3 is 1. The highest BCUT2D eigenvalue weighted by Gasteiger charge is 2.13. The normalized spacial score (nSPS) is 9.40. The highest BCUT2D eigenvalue weighted by atomic mass is 79.9. The molecule has 0 spiro atoms. The van der Waals surface area contributed by atoms with Gasteiger partial charge in [-0.05, 0) is 17.7 Å². The van der Waals surface area contributed by atoms with Crippen molar-refractivity contribution in [1.82, 2.24) is 0 Å². The van der Waals surface area contributed by atoms with E-state index in [4.69, 9.17) is 5.26 Å². The first-order chi connectivity index (χ1) is 7.08. The Morgan fingerprint density at radius 2 is 2.33 bits per heavy atom. The number of aromatic hydroxyl groups is 1. The van der Waals surface area contributed by atoms with E-state index in [1.54, 1.807) is 0 Å². The van der Waals surface area contributed by atoms with Gasteiger partial charge in [-0.15, -0.1) is 0 Å². The average molecular weight is 270 g/mol. The molecule has 0 unspecified atom stereocenters. The predicted octanol–water partition coefficient (Wildman–Crippen LogP) is 1.74. The number of carbonyl (C=O) groups is 1. The van der Waals surface area contributed by atoms with Crippen molar-refractivity contribution in [2.45, 2.75) is 6.42 Å². The molecule has 78 valence electrons. The van der Waals surface area contributed by atoms with Gasteiger partial charge in [-0.25, -0.2) is 0 Å². The molecule has 15 heavy (non-hydrogen) atoms. The number of carbonyl (C=O) groups excluding carboxylic acids is 1. The van der Waals surface area contributed by atoms with Crippen molar-refractivity contribution in [2.75, 3.05) is 7.11 Å². The van der Waals surface area contributed by atoms with Crippen molar-refractivity contribution in [1.29, 1.82) is 5.26 Å². The van der Waals surface area contributed by atoms with E-state index in [-0.39, 0.29) is 17.7 Å². The molecule has 1 aromatic rings. The maximum atomic E-state index is 11.1. The van der Waals surface area contributed by atoms with E-state index < -0.39 is 5.97 Å². The molecular weight excluding hydrogens is 262 g/mol. The fraction of sp³-hybridized carbons (Fsp3) is 0.200. The van der Waals surface area contributed by atoms with Crippen LogP contribution in [0.15, 0.2) is 16.6 Å². The third-order valence-corrected chi connectivity index (χ3v) is 2.56. The summed E-state index contributed by atoms with van der Waals surface area (Å²) in [5, 5.41) is 18.1. The Balaban J connectivity index is 3.17. The number of phenolic OH excluding ortho intramolecular Hbond substituents is 1. The van der Waals surface area contributed by atoms with E-state index in [1.165, 1.54) is 19.2 Å². The molecule has 0 aromatic heterocycles. The molecule has 0 fully saturated rings. The second-order valence-electron chi connectivity index (χ2n) is 2.82. The highest BCUT2D eigenvalue weighted by Crippen LogP contribution is 2.26. The van der Waals surface area contributed by atoms with Gasteiger partial charge in [-0.3, -0.25) is 4.79 Å². The van der Waals surface area contributed by atoms with E-state index in [2.05, 4.69) is 20.7 Å². The monoisotopic (exact) mass is 269 g/mol. The molecule has 1 aromatic carbocycles. The molecule has 0 bridgehead atoms. The van der Waals surface area contributed by atoms with E-state index >= 15 is 0 Å². The van der Waals surface area contributed by atoms with E-state index in [0.29, 0.717) is 10.0 Å². The zero-order valence-corrected chi connectivity index (χ0v) is 9.54. The van der Waals surface area contributed by atoms with Crippen LogP contribution in [0.1, 0.15) is 11.1 Å². The lowest BCUT2D eigenvalue weighted by atomic mass is 10.1. The number of hydrogen-bond acceptors (Lipinski definition) is 4. The second kappa shape index (κ2) is 4.80. The maximum absolute atomic E-state index is 11.1. The van der Waals surface area contributed by atoms with Gasteiger partial charge in [0, 0.05) is 4.47 Å². The molecular formula is C10H8BrNO3. The van der Waals surface area contributed by atoms with Crippen molar-refractivity contribution in [3.8, 4) is 11.8 Å². The largest absolute Gasteiger partial charge is 0.508 e. The molecule has 0 aliphatic rings. The molecule has 0 atom stereocenters. The van der Waals surface area contributed by atoms with Crippen molar-refractivity contribution >= 4 is 21.9 Å². The molecule has 0 aliphatic heterocycles. The second-order valence-corrected chi connectivity index (χ2v) is 3.67. The fourth-order valence-corrected chi connectivity index (χ4v) is 1.71. The van der Waals surface area contributed by atoms with Gasteiger partial charge < -0.3 is 9.84 Å². The minimum Gasteiger partial charge on any atom is -0.508 e. The lowest BCUT2D eigenvalue weighted by molar-refractivity contribution is -0.139. The third kappa shape index (κ3) is 2.70. The van der Waals surface area contributed by atoms with Gasteiger partial charge in [-0.1, -0.05) is 15.9 Å². The minimum absolute atomic E-state index is 0.000255. The summed E-state index contributed by atoms with van der Waals surface area (Å²) in [6.07, 6.45) is 0.000255. The molecule has 1 N–H and O–H groups in total. The summed E-state index contributed by atoms with van der Waals surface area (Å²) in [6, 6.07) is 4.65. The third-order valence-electron chi connectivity index (χ3n) is 1.85. The minimum atomic E-state index is -0.433. The summed E-state index contributed by atoms with van der Waals surface area (Å²) >= 11 is 3.18. The fourth-order valence-electron chi connectivity index (χ4n) is 1.12. The number of halogens is 1. The van der Waals surface area contributed by atoms with Crippen LogP contribution in [0.5, 0.6) is 5.75 Å². The Morgan fingerprint density at radius 1 is 1.67 bits per heavy atom. The van der Waals surface area contributed by atoms with Crippen LogP contribution in [-0.4, -0.2) is 18.2 Å². The number of hydrogen-bond donors (Lipinski definition) is 1. The number of benzene rings is 1. The smallest absolute Gasteiger partial charge is 0.310 e. The summed E-state index contributed by atoms with van der Waals surface area (Å²) in [7, 11) is 1.28. The van der Waals surface area contributed by atoms with Gasteiger partial charge in [0.05, 0.1) is 25.2 Å². The number of phenols is 1. The van der Waals surface area contributed by atoms with Crippen LogP contribution < -0.4 is 0 Å². The summed E-state index contributed by atoms with van der Waals surface area (Å²) in [5.41, 5.74) is 0.773. The van der Waals surface area contributed by atoms with Gasteiger partial charge in [0.25, 0.3) is 0 Å². The Morgan fingerprint density at radius 3 is 2.87 bits per heavy atom. The molecule has 0 saturated heterocycles. The van der Waals surface area contributed by atoms with Gasteiger partial charge in [0.2, 0.25) is 0 Å². The first kappa shape index (κ1) is 11.5. The summed E-state index contributed by atoms with van der Waals surface area (Å²) < 4.78 is 5.03. The van der Waals surface area contributed by atoms with Crippen molar-refractivity contribution in [2.24, 2.45) is 0 Å². The number of rotatable bonds is 2. The quantitative estimate of drug-likeness (QED) is 0.831. The molecule has 5 heteroatoms. The van der Waals surface area contributed by atoms with E-state index in [1.807, 2.05) is 6.07 Å². The van der Waals surface area contributed by atoms with E-state index in [0.717, 1.165) is 0 Å². The standard InChI is InChI=1S/C10H8BrNO3/c1-15-10(14)4-8-6(5-12)2-7(13)3-9(8)11/h2-3,13H,4H2,1H3. The Bertz CT molecular complexity index is 437. The van der Waals surface area contributed by atoms with Crippen LogP contribution in [-0.2, 0) is 16.0 Å². The average Bonchev–Trinajstić information content (AvgIpc) is 2.21. The topological polar surface area (TPSA) is 70.3 Å².